The van der Waals surface area contributed by atoms with Gasteiger partial charge in [-0.3, -0.25) is 10.2 Å². The summed E-state index contributed by atoms with van der Waals surface area (Å²) in [7, 11) is 1.84. The topological polar surface area (TPSA) is 117 Å². The monoisotopic (exact) mass is 431 g/mol. The van der Waals surface area contributed by atoms with Crippen molar-refractivity contribution in [3.63, 3.8) is 0 Å². The van der Waals surface area contributed by atoms with Gasteiger partial charge in [-0.1, -0.05) is 43.3 Å². The third-order valence-electron chi connectivity index (χ3n) is 4.98. The van der Waals surface area contributed by atoms with Crippen LogP contribution in [0.1, 0.15) is 29.2 Å². The van der Waals surface area contributed by atoms with Crippen molar-refractivity contribution in [1.29, 1.82) is 5.26 Å². The van der Waals surface area contributed by atoms with Gasteiger partial charge in [0.1, 0.15) is 12.4 Å². The molecule has 32 heavy (non-hydrogen) atoms. The number of nitrogens with zero attached hydrogens (tertiary/aromatic N) is 2. The summed E-state index contributed by atoms with van der Waals surface area (Å²) in [4.78, 5) is 8.94. The molecule has 5 N–H and O–H groups in total. The summed E-state index contributed by atoms with van der Waals surface area (Å²) in [6.45, 7) is 4.61. The van der Waals surface area contributed by atoms with Gasteiger partial charge in [-0.15, -0.1) is 0 Å². The van der Waals surface area contributed by atoms with Crippen LogP contribution in [0.4, 0.5) is 5.69 Å². The molecule has 0 aliphatic carbocycles. The van der Waals surface area contributed by atoms with E-state index in [1.54, 1.807) is 10.4 Å². The van der Waals surface area contributed by atoms with Crippen molar-refractivity contribution in [3.05, 3.63) is 82.9 Å². The summed E-state index contributed by atoms with van der Waals surface area (Å²) < 4.78 is 6.16. The molecule has 7 heteroatoms. The number of amides is 1. The van der Waals surface area contributed by atoms with Gasteiger partial charge in [-0.2, -0.15) is 5.26 Å². The van der Waals surface area contributed by atoms with Crippen LogP contribution < -0.4 is 26.9 Å². The van der Waals surface area contributed by atoms with Gasteiger partial charge in [0.15, 0.2) is 0 Å². The van der Waals surface area contributed by atoms with Gasteiger partial charge in [-0.05, 0) is 59.9 Å². The van der Waals surface area contributed by atoms with Crippen molar-refractivity contribution in [2.24, 2.45) is 11.7 Å². The number of carbonyl (C=O) groups excluding carboxylic acids is 1. The van der Waals surface area contributed by atoms with E-state index in [9.17, 15) is 5.26 Å². The molecule has 1 amide bonds. The average Bonchev–Trinajstić information content (AvgIpc) is 2.83. The number of anilines is 1. The van der Waals surface area contributed by atoms with Crippen molar-refractivity contribution < 1.29 is 9.53 Å². The normalized spacial score (nSPS) is 9.75. The summed E-state index contributed by atoms with van der Waals surface area (Å²) >= 11 is 0. The second-order valence-corrected chi connectivity index (χ2v) is 7.09. The Morgan fingerprint density at radius 1 is 1.16 bits per heavy atom. The summed E-state index contributed by atoms with van der Waals surface area (Å²) in [6.07, 6.45) is 1.32. The van der Waals surface area contributed by atoms with E-state index in [0.29, 0.717) is 18.6 Å². The number of nitrogens with two attached hydrogens (primary N) is 2. The highest BCUT2D eigenvalue weighted by atomic mass is 16.5. The number of aryl methyl sites for hydroxylation is 2. The van der Waals surface area contributed by atoms with Crippen LogP contribution in [0.2, 0.25) is 0 Å². The van der Waals surface area contributed by atoms with E-state index in [1.165, 1.54) is 5.56 Å². The Labute approximate surface area is 189 Å². The SMILES string of the molecule is CCc1cccc(N(C)N)c1COc1ccc(-c2ccccc2C#N)cc1C.NNC=O. The third kappa shape index (κ3) is 6.08. The number of carbonyl (C=O) groups is 1. The Morgan fingerprint density at radius 3 is 2.47 bits per heavy atom. The van der Waals surface area contributed by atoms with Crippen molar-refractivity contribution in [1.82, 2.24) is 5.43 Å². The van der Waals surface area contributed by atoms with Gasteiger partial charge in [-0.25, -0.2) is 11.7 Å². The highest BCUT2D eigenvalue weighted by Crippen LogP contribution is 2.30. The zero-order valence-corrected chi connectivity index (χ0v) is 18.6. The smallest absolute Gasteiger partial charge is 0.221 e. The Kier molecular flexibility index (Phi) is 9.23. The lowest BCUT2D eigenvalue weighted by molar-refractivity contribution is -0.109. The minimum Gasteiger partial charge on any atom is -0.489 e. The van der Waals surface area contributed by atoms with E-state index in [1.807, 2.05) is 62.5 Å². The lowest BCUT2D eigenvalue weighted by Gasteiger charge is -2.20. The number of rotatable bonds is 7. The molecular formula is C25H29N5O2. The predicted molar refractivity (Wildman–Crippen MR) is 127 cm³/mol. The molecular weight excluding hydrogens is 402 g/mol. The molecule has 0 fully saturated rings. The average molecular weight is 432 g/mol. The van der Waals surface area contributed by atoms with E-state index in [4.69, 9.17) is 15.4 Å². The molecule has 7 nitrogen and oxygen atoms in total. The van der Waals surface area contributed by atoms with Crippen LogP contribution in [-0.4, -0.2) is 13.5 Å². The number of hydrogen-bond acceptors (Lipinski definition) is 6. The molecule has 0 atom stereocenters. The molecule has 0 aromatic heterocycles. The van der Waals surface area contributed by atoms with E-state index in [-0.39, 0.29) is 0 Å². The van der Waals surface area contributed by atoms with E-state index in [2.05, 4.69) is 31.0 Å². The highest BCUT2D eigenvalue weighted by Gasteiger charge is 2.12. The Hall–Kier alpha value is -3.86. The quantitative estimate of drug-likeness (QED) is 0.228. The Morgan fingerprint density at radius 2 is 1.88 bits per heavy atom. The number of nitrogens with one attached hydrogen (secondary N) is 1. The maximum atomic E-state index is 9.35. The summed E-state index contributed by atoms with van der Waals surface area (Å²) in [5, 5.41) is 11.0. The fraction of sp³-hybridized carbons (Fsp3) is 0.200. The number of ether oxygens (including phenoxy) is 1. The lowest BCUT2D eigenvalue weighted by Crippen LogP contribution is -2.27. The zero-order chi connectivity index (χ0) is 23.5. The predicted octanol–water partition coefficient (Wildman–Crippen LogP) is 3.59. The second-order valence-electron chi connectivity index (χ2n) is 7.09. The number of benzene rings is 3. The van der Waals surface area contributed by atoms with Gasteiger partial charge in [0, 0.05) is 12.6 Å². The summed E-state index contributed by atoms with van der Waals surface area (Å²) in [6, 6.07) is 22.1. The molecule has 0 bridgehead atoms. The van der Waals surface area contributed by atoms with Gasteiger partial charge < -0.3 is 9.75 Å². The fourth-order valence-electron chi connectivity index (χ4n) is 3.41. The summed E-state index contributed by atoms with van der Waals surface area (Å²) in [5.74, 6) is 11.2. The van der Waals surface area contributed by atoms with Crippen molar-refractivity contribution in [2.45, 2.75) is 26.9 Å². The van der Waals surface area contributed by atoms with E-state index < -0.39 is 0 Å². The van der Waals surface area contributed by atoms with Crippen molar-refractivity contribution >= 4 is 12.1 Å². The van der Waals surface area contributed by atoms with Crippen LogP contribution >= 0.6 is 0 Å². The summed E-state index contributed by atoms with van der Waals surface area (Å²) in [5.41, 5.74) is 8.70. The Balaban J connectivity index is 0.000000837. The van der Waals surface area contributed by atoms with Crippen LogP contribution in [0.25, 0.3) is 11.1 Å². The van der Waals surface area contributed by atoms with E-state index in [0.717, 1.165) is 40.1 Å². The van der Waals surface area contributed by atoms with Gasteiger partial charge in [0.2, 0.25) is 6.41 Å². The van der Waals surface area contributed by atoms with Gasteiger partial charge in [0.25, 0.3) is 0 Å². The van der Waals surface area contributed by atoms with Gasteiger partial charge >= 0.3 is 0 Å². The molecule has 0 heterocycles. The van der Waals surface area contributed by atoms with Gasteiger partial charge in [0.05, 0.1) is 17.3 Å². The number of nitriles is 1. The van der Waals surface area contributed by atoms with E-state index >= 15 is 0 Å². The minimum atomic E-state index is 0.403. The first-order valence-corrected chi connectivity index (χ1v) is 10.2. The molecule has 3 aromatic rings. The van der Waals surface area contributed by atoms with Crippen LogP contribution in [0.3, 0.4) is 0 Å². The first-order valence-electron chi connectivity index (χ1n) is 10.2. The largest absolute Gasteiger partial charge is 0.489 e. The maximum absolute atomic E-state index is 9.35. The third-order valence-corrected chi connectivity index (χ3v) is 4.98. The first kappa shape index (κ1) is 24.4. The van der Waals surface area contributed by atoms with Crippen LogP contribution in [0, 0.1) is 18.3 Å². The number of hydrogen-bond donors (Lipinski definition) is 3. The lowest BCUT2D eigenvalue weighted by atomic mass is 9.98. The molecule has 0 aliphatic rings. The minimum absolute atomic E-state index is 0.403. The second kappa shape index (κ2) is 12.1. The molecule has 0 unspecified atom stereocenters. The molecule has 0 saturated carbocycles. The zero-order valence-electron chi connectivity index (χ0n) is 18.6. The first-order chi connectivity index (χ1) is 15.5. The molecule has 0 spiro atoms. The van der Waals surface area contributed by atoms with Crippen LogP contribution in [-0.2, 0) is 17.8 Å². The molecule has 0 aliphatic heterocycles. The molecule has 166 valence electrons. The number of hydrazine groups is 2. The molecule has 0 saturated heterocycles. The molecule has 0 radical (unpaired) electrons. The van der Waals surface area contributed by atoms with Crippen molar-refractivity contribution in [2.75, 3.05) is 12.1 Å². The highest BCUT2D eigenvalue weighted by molar-refractivity contribution is 5.71. The fourth-order valence-corrected chi connectivity index (χ4v) is 3.41. The van der Waals surface area contributed by atoms with Crippen LogP contribution in [0.5, 0.6) is 5.75 Å². The Bertz CT molecular complexity index is 1090. The van der Waals surface area contributed by atoms with Crippen molar-refractivity contribution in [3.8, 4) is 22.9 Å². The maximum Gasteiger partial charge on any atom is 0.221 e. The van der Waals surface area contributed by atoms with Crippen LogP contribution in [0.15, 0.2) is 60.7 Å². The molecule has 3 aromatic carbocycles. The molecule has 3 rings (SSSR count). The standard InChI is InChI=1S/C24H25N3O.CH4N2O/c1-4-18-9-7-11-23(27(3)26)22(18)16-28-24-13-12-19(14-17(24)2)21-10-6-5-8-20(21)15-25;2-3-1-4/h5-14H,4,16,26H2,1-3H3;1H,2H2,(H,3,4).